The number of hydrogen-bond acceptors (Lipinski definition) is 2. The summed E-state index contributed by atoms with van der Waals surface area (Å²) in [5, 5.41) is 1.43. The lowest BCUT2D eigenvalue weighted by molar-refractivity contribution is 0.550. The van der Waals surface area contributed by atoms with Crippen LogP contribution in [0.25, 0.3) is 0 Å². The van der Waals surface area contributed by atoms with E-state index in [4.69, 9.17) is 29.0 Å². The van der Waals surface area contributed by atoms with Crippen LogP contribution >= 0.6 is 39.1 Å². The minimum atomic E-state index is -0.0356. The van der Waals surface area contributed by atoms with E-state index < -0.39 is 0 Å². The molecule has 0 saturated carbocycles. The van der Waals surface area contributed by atoms with Gasteiger partial charge in [0.25, 0.3) is 0 Å². The maximum Gasteiger partial charge on any atom is 0.0512 e. The van der Waals surface area contributed by atoms with Crippen molar-refractivity contribution < 1.29 is 0 Å². The van der Waals surface area contributed by atoms with Crippen molar-refractivity contribution in [2.24, 2.45) is 5.84 Å². The van der Waals surface area contributed by atoms with E-state index in [-0.39, 0.29) is 6.04 Å². The van der Waals surface area contributed by atoms with Crippen molar-refractivity contribution in [3.8, 4) is 0 Å². The number of benzene rings is 2. The Labute approximate surface area is 131 Å². The molecule has 0 aliphatic rings. The van der Waals surface area contributed by atoms with Gasteiger partial charge in [-0.25, -0.2) is 0 Å². The summed E-state index contributed by atoms with van der Waals surface area (Å²) in [5.74, 6) is 5.66. The first-order valence-electron chi connectivity index (χ1n) is 5.76. The van der Waals surface area contributed by atoms with E-state index in [1.54, 1.807) is 0 Å². The van der Waals surface area contributed by atoms with E-state index in [0.29, 0.717) is 11.4 Å². The van der Waals surface area contributed by atoms with E-state index in [1.807, 2.05) is 42.5 Å². The van der Waals surface area contributed by atoms with Crippen molar-refractivity contribution in [2.75, 3.05) is 0 Å². The number of hydrazine groups is 1. The molecule has 5 heteroatoms. The number of nitrogens with one attached hydrogen (secondary N) is 1. The van der Waals surface area contributed by atoms with Gasteiger partial charge in [-0.2, -0.15) is 0 Å². The molecule has 0 aliphatic heterocycles. The molecule has 0 aromatic heterocycles. The highest BCUT2D eigenvalue weighted by atomic mass is 79.9. The molecule has 0 saturated heterocycles. The smallest absolute Gasteiger partial charge is 0.0512 e. The first kappa shape index (κ1) is 14.8. The van der Waals surface area contributed by atoms with Crippen LogP contribution in [0.1, 0.15) is 17.2 Å². The molecule has 2 aromatic carbocycles. The standard InChI is InChI=1S/C14H13BrCl2N2/c15-12-8-10(16)5-6-11(12)14(19-18)7-9-3-1-2-4-13(9)17/h1-6,8,14,19H,7,18H2. The van der Waals surface area contributed by atoms with Gasteiger partial charge < -0.3 is 0 Å². The molecular formula is C14H13BrCl2N2. The van der Waals surface area contributed by atoms with Gasteiger partial charge in [-0.05, 0) is 35.7 Å². The first-order chi connectivity index (χ1) is 9.11. The van der Waals surface area contributed by atoms with Gasteiger partial charge in [0.15, 0.2) is 0 Å². The van der Waals surface area contributed by atoms with Crippen LogP contribution in [-0.4, -0.2) is 0 Å². The van der Waals surface area contributed by atoms with Crippen LogP contribution in [0.2, 0.25) is 10.0 Å². The van der Waals surface area contributed by atoms with Gasteiger partial charge in [0.1, 0.15) is 0 Å². The SMILES string of the molecule is NNC(Cc1ccccc1Cl)c1ccc(Cl)cc1Br. The Morgan fingerprint density at radius 2 is 1.89 bits per heavy atom. The third-order valence-electron chi connectivity index (χ3n) is 2.92. The molecule has 2 aromatic rings. The third-order valence-corrected chi connectivity index (χ3v) is 4.21. The molecule has 1 unspecified atom stereocenters. The molecule has 100 valence electrons. The molecule has 1 atom stereocenters. The summed E-state index contributed by atoms with van der Waals surface area (Å²) >= 11 is 15.6. The zero-order chi connectivity index (χ0) is 13.8. The summed E-state index contributed by atoms with van der Waals surface area (Å²) in [6, 6.07) is 13.4. The highest BCUT2D eigenvalue weighted by Crippen LogP contribution is 2.29. The summed E-state index contributed by atoms with van der Waals surface area (Å²) in [5.41, 5.74) is 4.92. The summed E-state index contributed by atoms with van der Waals surface area (Å²) < 4.78 is 0.926. The van der Waals surface area contributed by atoms with Crippen LogP contribution in [0.15, 0.2) is 46.9 Å². The monoisotopic (exact) mass is 358 g/mol. The molecule has 0 fully saturated rings. The topological polar surface area (TPSA) is 38.0 Å². The number of rotatable bonds is 4. The van der Waals surface area contributed by atoms with Gasteiger partial charge in [-0.1, -0.05) is 63.4 Å². The Morgan fingerprint density at radius 1 is 1.16 bits per heavy atom. The van der Waals surface area contributed by atoms with Crippen molar-refractivity contribution in [1.82, 2.24) is 5.43 Å². The van der Waals surface area contributed by atoms with E-state index in [2.05, 4.69) is 21.4 Å². The van der Waals surface area contributed by atoms with E-state index in [9.17, 15) is 0 Å². The van der Waals surface area contributed by atoms with E-state index in [1.165, 1.54) is 0 Å². The highest BCUT2D eigenvalue weighted by Gasteiger charge is 2.15. The van der Waals surface area contributed by atoms with Crippen LogP contribution in [0.3, 0.4) is 0 Å². The first-order valence-corrected chi connectivity index (χ1v) is 7.31. The molecule has 0 spiro atoms. The zero-order valence-electron chi connectivity index (χ0n) is 10.0. The van der Waals surface area contributed by atoms with Gasteiger partial charge >= 0.3 is 0 Å². The second-order valence-corrected chi connectivity index (χ2v) is 5.88. The maximum atomic E-state index is 6.18. The van der Waals surface area contributed by atoms with Crippen LogP contribution in [-0.2, 0) is 6.42 Å². The van der Waals surface area contributed by atoms with Gasteiger partial charge in [-0.3, -0.25) is 11.3 Å². The second kappa shape index (κ2) is 6.73. The second-order valence-electron chi connectivity index (χ2n) is 4.18. The quantitative estimate of drug-likeness (QED) is 0.622. The lowest BCUT2D eigenvalue weighted by atomic mass is 9.99. The molecule has 19 heavy (non-hydrogen) atoms. The molecule has 0 radical (unpaired) electrons. The van der Waals surface area contributed by atoms with Crippen LogP contribution in [0, 0.1) is 0 Å². The predicted molar refractivity (Wildman–Crippen MR) is 84.4 cm³/mol. The number of hydrogen-bond donors (Lipinski definition) is 2. The number of nitrogens with two attached hydrogens (primary N) is 1. The fraction of sp³-hybridized carbons (Fsp3) is 0.143. The average molecular weight is 360 g/mol. The minimum Gasteiger partial charge on any atom is -0.271 e. The Kier molecular flexibility index (Phi) is 5.25. The number of halogens is 3. The highest BCUT2D eigenvalue weighted by molar-refractivity contribution is 9.10. The van der Waals surface area contributed by atoms with Gasteiger partial charge in [0.05, 0.1) is 6.04 Å². The van der Waals surface area contributed by atoms with Crippen molar-refractivity contribution in [2.45, 2.75) is 12.5 Å². The fourth-order valence-corrected chi connectivity index (χ4v) is 3.10. The molecule has 3 N–H and O–H groups in total. The summed E-state index contributed by atoms with van der Waals surface area (Å²) in [6.07, 6.45) is 0.705. The summed E-state index contributed by atoms with van der Waals surface area (Å²) in [4.78, 5) is 0. The Balaban J connectivity index is 2.28. The average Bonchev–Trinajstić information content (AvgIpc) is 2.39. The molecule has 0 bridgehead atoms. The molecule has 0 aliphatic carbocycles. The Morgan fingerprint density at radius 3 is 2.53 bits per heavy atom. The Hall–Kier alpha value is -0.580. The van der Waals surface area contributed by atoms with Crippen molar-refractivity contribution >= 4 is 39.1 Å². The van der Waals surface area contributed by atoms with Crippen LogP contribution in [0.4, 0.5) is 0 Å². The van der Waals surface area contributed by atoms with Crippen LogP contribution in [0.5, 0.6) is 0 Å². The van der Waals surface area contributed by atoms with E-state index in [0.717, 1.165) is 20.6 Å². The largest absolute Gasteiger partial charge is 0.271 e. The van der Waals surface area contributed by atoms with Gasteiger partial charge in [-0.15, -0.1) is 0 Å². The van der Waals surface area contributed by atoms with Crippen LogP contribution < -0.4 is 11.3 Å². The summed E-state index contributed by atoms with van der Waals surface area (Å²) in [7, 11) is 0. The van der Waals surface area contributed by atoms with Gasteiger partial charge in [0, 0.05) is 14.5 Å². The molecule has 0 heterocycles. The minimum absolute atomic E-state index is 0.0356. The van der Waals surface area contributed by atoms with Crippen molar-refractivity contribution in [3.63, 3.8) is 0 Å². The normalized spacial score (nSPS) is 12.4. The third kappa shape index (κ3) is 3.71. The van der Waals surface area contributed by atoms with E-state index >= 15 is 0 Å². The molecule has 2 nitrogen and oxygen atoms in total. The maximum absolute atomic E-state index is 6.18. The lowest BCUT2D eigenvalue weighted by Gasteiger charge is -2.18. The zero-order valence-corrected chi connectivity index (χ0v) is 13.1. The lowest BCUT2D eigenvalue weighted by Crippen LogP contribution is -2.29. The van der Waals surface area contributed by atoms with Crippen molar-refractivity contribution in [1.29, 1.82) is 0 Å². The fourth-order valence-electron chi connectivity index (χ4n) is 1.93. The molecular weight excluding hydrogens is 347 g/mol. The molecule has 0 amide bonds. The predicted octanol–water partition coefficient (Wildman–Crippen LogP) is 4.50. The summed E-state index contributed by atoms with van der Waals surface area (Å²) in [6.45, 7) is 0. The Bertz CT molecular complexity index is 575. The van der Waals surface area contributed by atoms with Crippen molar-refractivity contribution in [3.05, 3.63) is 68.1 Å². The van der Waals surface area contributed by atoms with Gasteiger partial charge in [0.2, 0.25) is 0 Å². The molecule has 2 rings (SSSR count).